The highest BCUT2D eigenvalue weighted by Gasteiger charge is 2.45. The number of nitrogens with zero attached hydrogens (tertiary/aromatic N) is 2. The van der Waals surface area contributed by atoms with E-state index in [1.165, 1.54) is 6.26 Å². The third kappa shape index (κ3) is 3.25. The van der Waals surface area contributed by atoms with Crippen molar-refractivity contribution in [3.05, 3.63) is 28.8 Å². The number of benzene rings is 1. The summed E-state index contributed by atoms with van der Waals surface area (Å²) in [5.41, 5.74) is 1.57. The maximum Gasteiger partial charge on any atom is 0.251 e. The number of sulfonamides is 1. The first-order valence-electron chi connectivity index (χ1n) is 9.04. The SMILES string of the molecule is CCc1nc2ccc(C(=O)NC3CC4CCC(C3)N4S(C)(=O)=O)cc2s1. The number of aromatic nitrogens is 1. The van der Waals surface area contributed by atoms with E-state index >= 15 is 0 Å². The monoisotopic (exact) mass is 393 g/mol. The number of hydrogen-bond acceptors (Lipinski definition) is 5. The molecule has 8 heteroatoms. The Balaban J connectivity index is 1.47. The Kier molecular flexibility index (Phi) is 4.53. The van der Waals surface area contributed by atoms with Crippen LogP contribution in [0.5, 0.6) is 0 Å². The molecule has 1 N–H and O–H groups in total. The smallest absolute Gasteiger partial charge is 0.251 e. The van der Waals surface area contributed by atoms with Crippen molar-refractivity contribution in [1.29, 1.82) is 0 Å². The normalized spacial score (nSPS) is 26.3. The van der Waals surface area contributed by atoms with Crippen LogP contribution in [-0.4, -0.2) is 48.0 Å². The van der Waals surface area contributed by atoms with Crippen molar-refractivity contribution in [3.63, 3.8) is 0 Å². The van der Waals surface area contributed by atoms with Crippen LogP contribution in [0.1, 0.15) is 48.0 Å². The second-order valence-electron chi connectivity index (χ2n) is 7.26. The molecular formula is C18H23N3O3S2. The zero-order valence-electron chi connectivity index (χ0n) is 14.9. The van der Waals surface area contributed by atoms with Gasteiger partial charge in [-0.2, -0.15) is 4.31 Å². The van der Waals surface area contributed by atoms with Crippen LogP contribution in [0.25, 0.3) is 10.2 Å². The maximum atomic E-state index is 12.7. The Bertz CT molecular complexity index is 940. The molecule has 2 unspecified atom stereocenters. The molecule has 0 saturated carbocycles. The van der Waals surface area contributed by atoms with Gasteiger partial charge in [0.25, 0.3) is 5.91 Å². The van der Waals surface area contributed by atoms with Gasteiger partial charge in [-0.15, -0.1) is 11.3 Å². The van der Waals surface area contributed by atoms with E-state index in [-0.39, 0.29) is 24.0 Å². The number of fused-ring (bicyclic) bond motifs is 3. The number of amides is 1. The van der Waals surface area contributed by atoms with Gasteiger partial charge in [-0.3, -0.25) is 4.79 Å². The van der Waals surface area contributed by atoms with Crippen LogP contribution in [0.3, 0.4) is 0 Å². The summed E-state index contributed by atoms with van der Waals surface area (Å²) in [4.78, 5) is 17.2. The number of hydrogen-bond donors (Lipinski definition) is 1. The molecule has 1 amide bonds. The Morgan fingerprint density at radius 1 is 1.31 bits per heavy atom. The molecule has 2 atom stereocenters. The van der Waals surface area contributed by atoms with Gasteiger partial charge in [0.1, 0.15) is 0 Å². The highest BCUT2D eigenvalue weighted by atomic mass is 32.2. The number of rotatable bonds is 4. The lowest BCUT2D eigenvalue weighted by Crippen LogP contribution is -2.52. The summed E-state index contributed by atoms with van der Waals surface area (Å²) >= 11 is 1.62. The fourth-order valence-corrected chi connectivity index (χ4v) is 6.74. The highest BCUT2D eigenvalue weighted by molar-refractivity contribution is 7.88. The number of carbonyl (C=O) groups excluding carboxylic acids is 1. The molecule has 1 aromatic carbocycles. The van der Waals surface area contributed by atoms with Gasteiger partial charge in [-0.05, 0) is 50.3 Å². The molecular weight excluding hydrogens is 370 g/mol. The van der Waals surface area contributed by atoms with E-state index in [1.54, 1.807) is 15.6 Å². The lowest BCUT2D eigenvalue weighted by molar-refractivity contribution is 0.0909. The molecule has 4 rings (SSSR count). The molecule has 0 aliphatic carbocycles. The molecule has 2 bridgehead atoms. The van der Waals surface area contributed by atoms with E-state index in [2.05, 4.69) is 17.2 Å². The fraction of sp³-hybridized carbons (Fsp3) is 0.556. The molecule has 140 valence electrons. The van der Waals surface area contributed by atoms with Crippen molar-refractivity contribution >= 4 is 37.5 Å². The van der Waals surface area contributed by atoms with Crippen LogP contribution < -0.4 is 5.32 Å². The lowest BCUT2D eigenvalue weighted by atomic mass is 9.99. The number of carbonyl (C=O) groups is 1. The van der Waals surface area contributed by atoms with Crippen molar-refractivity contribution in [2.75, 3.05) is 6.26 Å². The molecule has 2 aliphatic rings. The van der Waals surface area contributed by atoms with Crippen molar-refractivity contribution in [2.45, 2.75) is 57.2 Å². The molecule has 3 heterocycles. The summed E-state index contributed by atoms with van der Waals surface area (Å²) < 4.78 is 26.7. The standard InChI is InChI=1S/C18H23N3O3S2/c1-3-17-20-15-7-4-11(8-16(15)25-17)18(22)19-12-9-13-5-6-14(10-12)21(13)26(2,23)24/h4,7-8,12-14H,3,5-6,9-10H2,1-2H3,(H,19,22). The number of aryl methyl sites for hydroxylation is 1. The van der Waals surface area contributed by atoms with Crippen LogP contribution in [0, 0.1) is 0 Å². The van der Waals surface area contributed by atoms with Gasteiger partial charge in [0.2, 0.25) is 10.0 Å². The van der Waals surface area contributed by atoms with E-state index in [4.69, 9.17) is 0 Å². The Morgan fingerprint density at radius 3 is 2.62 bits per heavy atom. The van der Waals surface area contributed by atoms with Gasteiger partial charge in [0.05, 0.1) is 21.5 Å². The second-order valence-corrected chi connectivity index (χ2v) is 10.3. The van der Waals surface area contributed by atoms with Crippen LogP contribution in [0.4, 0.5) is 0 Å². The summed E-state index contributed by atoms with van der Waals surface area (Å²) in [5.74, 6) is -0.0874. The van der Waals surface area contributed by atoms with Gasteiger partial charge in [-0.1, -0.05) is 6.92 Å². The predicted octanol–water partition coefficient (Wildman–Crippen LogP) is 2.54. The van der Waals surface area contributed by atoms with Crippen LogP contribution in [-0.2, 0) is 16.4 Å². The van der Waals surface area contributed by atoms with E-state index in [0.717, 1.165) is 34.5 Å². The third-order valence-electron chi connectivity index (χ3n) is 5.38. The van der Waals surface area contributed by atoms with Gasteiger partial charge in [0, 0.05) is 23.7 Å². The summed E-state index contributed by atoms with van der Waals surface area (Å²) in [6.45, 7) is 2.07. The average molecular weight is 394 g/mol. The van der Waals surface area contributed by atoms with Gasteiger partial charge < -0.3 is 5.32 Å². The van der Waals surface area contributed by atoms with Crippen molar-refractivity contribution in [3.8, 4) is 0 Å². The first-order chi connectivity index (χ1) is 12.3. The van der Waals surface area contributed by atoms with Gasteiger partial charge >= 0.3 is 0 Å². The van der Waals surface area contributed by atoms with Gasteiger partial charge in [-0.25, -0.2) is 13.4 Å². The molecule has 2 saturated heterocycles. The zero-order chi connectivity index (χ0) is 18.5. The number of nitrogens with one attached hydrogen (secondary N) is 1. The Hall–Kier alpha value is -1.51. The summed E-state index contributed by atoms with van der Waals surface area (Å²) in [6, 6.07) is 5.69. The molecule has 6 nitrogen and oxygen atoms in total. The minimum absolute atomic E-state index is 0.0186. The van der Waals surface area contributed by atoms with Crippen LogP contribution in [0.2, 0.25) is 0 Å². The van der Waals surface area contributed by atoms with Crippen molar-refractivity contribution in [2.24, 2.45) is 0 Å². The van der Waals surface area contributed by atoms with Crippen LogP contribution in [0.15, 0.2) is 18.2 Å². The molecule has 26 heavy (non-hydrogen) atoms. The Morgan fingerprint density at radius 2 is 2.00 bits per heavy atom. The average Bonchev–Trinajstić information content (AvgIpc) is 3.12. The summed E-state index contributed by atoms with van der Waals surface area (Å²) in [7, 11) is -3.18. The molecule has 2 aliphatic heterocycles. The van der Waals surface area contributed by atoms with Crippen molar-refractivity contribution < 1.29 is 13.2 Å². The van der Waals surface area contributed by atoms with E-state index in [0.29, 0.717) is 18.4 Å². The molecule has 2 aromatic rings. The molecule has 1 aromatic heterocycles. The molecule has 0 spiro atoms. The predicted molar refractivity (Wildman–Crippen MR) is 103 cm³/mol. The van der Waals surface area contributed by atoms with Gasteiger partial charge in [0.15, 0.2) is 0 Å². The third-order valence-corrected chi connectivity index (χ3v) is 7.91. The summed E-state index contributed by atoms with van der Waals surface area (Å²) in [6.07, 6.45) is 5.33. The molecule has 2 fully saturated rings. The minimum Gasteiger partial charge on any atom is -0.349 e. The fourth-order valence-electron chi connectivity index (χ4n) is 4.33. The quantitative estimate of drug-likeness (QED) is 0.866. The van der Waals surface area contributed by atoms with Crippen molar-refractivity contribution in [1.82, 2.24) is 14.6 Å². The highest BCUT2D eigenvalue weighted by Crippen LogP contribution is 2.37. The number of thiazole rings is 1. The minimum atomic E-state index is -3.18. The second kappa shape index (κ2) is 6.58. The first-order valence-corrected chi connectivity index (χ1v) is 11.7. The zero-order valence-corrected chi connectivity index (χ0v) is 16.6. The van der Waals surface area contributed by atoms with E-state index < -0.39 is 10.0 Å². The van der Waals surface area contributed by atoms with E-state index in [1.807, 2.05) is 18.2 Å². The first kappa shape index (κ1) is 17.9. The molecule has 0 radical (unpaired) electrons. The number of piperidine rings is 1. The summed E-state index contributed by atoms with van der Waals surface area (Å²) in [5, 5.41) is 4.19. The van der Waals surface area contributed by atoms with Crippen LogP contribution >= 0.6 is 11.3 Å². The largest absolute Gasteiger partial charge is 0.349 e. The maximum absolute atomic E-state index is 12.7. The lowest BCUT2D eigenvalue weighted by Gasteiger charge is -2.37. The topological polar surface area (TPSA) is 79.4 Å². The Labute approximate surface area is 157 Å². The van der Waals surface area contributed by atoms with E-state index in [9.17, 15) is 13.2 Å².